The number of rotatable bonds is 3. The van der Waals surface area contributed by atoms with E-state index in [4.69, 9.17) is 9.84 Å². The Morgan fingerprint density at radius 3 is 2.65 bits per heavy atom. The Bertz CT molecular complexity index is 495. The minimum atomic E-state index is -0.532. The van der Waals surface area contributed by atoms with Gasteiger partial charge in [0.2, 0.25) is 0 Å². The number of nitrogens with one attached hydrogen (secondary N) is 1. The second-order valence-electron chi connectivity index (χ2n) is 3.32. The van der Waals surface area contributed by atoms with Crippen LogP contribution < -0.4 is 5.32 Å². The molecule has 1 amide bonds. The molecule has 0 spiro atoms. The maximum absolute atomic E-state index is 11.4. The standard InChI is InChI=1S/C12H11NO3S/c14-11-7-6-10(17-11)13-12(15)16-8-9-4-2-1-3-5-9/h1-7,14H,8H2,(H,13,15). The topological polar surface area (TPSA) is 58.6 Å². The van der Waals surface area contributed by atoms with Gasteiger partial charge in [-0.15, -0.1) is 0 Å². The van der Waals surface area contributed by atoms with Crippen molar-refractivity contribution in [2.45, 2.75) is 6.61 Å². The van der Waals surface area contributed by atoms with Crippen LogP contribution in [0, 0.1) is 0 Å². The molecule has 88 valence electrons. The van der Waals surface area contributed by atoms with E-state index in [-0.39, 0.29) is 11.7 Å². The summed E-state index contributed by atoms with van der Waals surface area (Å²) >= 11 is 1.08. The molecule has 1 heterocycles. The van der Waals surface area contributed by atoms with Crippen molar-refractivity contribution in [1.29, 1.82) is 0 Å². The van der Waals surface area contributed by atoms with Crippen molar-refractivity contribution in [2.75, 3.05) is 5.32 Å². The fourth-order valence-corrected chi connectivity index (χ4v) is 1.89. The van der Waals surface area contributed by atoms with Crippen LogP contribution in [0.1, 0.15) is 5.56 Å². The predicted octanol–water partition coefficient (Wildman–Crippen LogP) is 3.20. The second kappa shape index (κ2) is 5.36. The molecule has 17 heavy (non-hydrogen) atoms. The van der Waals surface area contributed by atoms with Gasteiger partial charge in [-0.2, -0.15) is 0 Å². The first-order valence-electron chi connectivity index (χ1n) is 5.00. The fraction of sp³-hybridized carbons (Fsp3) is 0.0833. The number of carbonyl (C=O) groups excluding carboxylic acids is 1. The minimum Gasteiger partial charge on any atom is -0.499 e. The van der Waals surface area contributed by atoms with E-state index in [1.54, 1.807) is 6.07 Å². The highest BCUT2D eigenvalue weighted by molar-refractivity contribution is 7.17. The number of anilines is 1. The third-order valence-electron chi connectivity index (χ3n) is 2.03. The van der Waals surface area contributed by atoms with Crippen LogP contribution in [0.3, 0.4) is 0 Å². The molecule has 1 aromatic carbocycles. The SMILES string of the molecule is O=C(Nc1ccc(O)s1)OCc1ccccc1. The fourth-order valence-electron chi connectivity index (χ4n) is 1.25. The first-order valence-corrected chi connectivity index (χ1v) is 5.82. The lowest BCUT2D eigenvalue weighted by Gasteiger charge is -2.04. The average Bonchev–Trinajstić information content (AvgIpc) is 2.73. The summed E-state index contributed by atoms with van der Waals surface area (Å²) in [5, 5.41) is 12.3. The van der Waals surface area contributed by atoms with Crippen LogP contribution in [-0.2, 0) is 11.3 Å². The number of carbonyl (C=O) groups is 1. The molecule has 2 rings (SSSR count). The van der Waals surface area contributed by atoms with E-state index in [0.29, 0.717) is 5.00 Å². The van der Waals surface area contributed by atoms with Crippen LogP contribution in [0.4, 0.5) is 9.80 Å². The second-order valence-corrected chi connectivity index (χ2v) is 4.39. The molecule has 0 bridgehead atoms. The van der Waals surface area contributed by atoms with E-state index < -0.39 is 6.09 Å². The van der Waals surface area contributed by atoms with Crippen LogP contribution in [-0.4, -0.2) is 11.2 Å². The van der Waals surface area contributed by atoms with Crippen molar-refractivity contribution >= 4 is 22.4 Å². The van der Waals surface area contributed by atoms with Gasteiger partial charge in [-0.1, -0.05) is 41.7 Å². The highest BCUT2D eigenvalue weighted by atomic mass is 32.1. The number of aromatic hydroxyl groups is 1. The van der Waals surface area contributed by atoms with Gasteiger partial charge in [0.1, 0.15) is 11.6 Å². The first kappa shape index (κ1) is 11.5. The summed E-state index contributed by atoms with van der Waals surface area (Å²) in [5.41, 5.74) is 0.927. The van der Waals surface area contributed by atoms with Gasteiger partial charge >= 0.3 is 6.09 Å². The Labute approximate surface area is 102 Å². The summed E-state index contributed by atoms with van der Waals surface area (Å²) in [4.78, 5) is 11.4. The number of hydrogen-bond donors (Lipinski definition) is 2. The van der Waals surface area contributed by atoms with E-state index in [0.717, 1.165) is 16.9 Å². The van der Waals surface area contributed by atoms with Crippen LogP contribution in [0.2, 0.25) is 0 Å². The van der Waals surface area contributed by atoms with Crippen LogP contribution in [0.25, 0.3) is 0 Å². The molecule has 0 fully saturated rings. The number of thiophene rings is 1. The molecule has 5 heteroatoms. The summed E-state index contributed by atoms with van der Waals surface area (Å²) in [6.45, 7) is 0.226. The molecule has 0 atom stereocenters. The molecule has 0 saturated heterocycles. The van der Waals surface area contributed by atoms with Crippen LogP contribution >= 0.6 is 11.3 Å². The van der Waals surface area contributed by atoms with Gasteiger partial charge < -0.3 is 9.84 Å². The lowest BCUT2D eigenvalue weighted by molar-refractivity contribution is 0.155. The summed E-state index contributed by atoms with van der Waals surface area (Å²) < 4.78 is 5.02. The summed E-state index contributed by atoms with van der Waals surface area (Å²) in [6, 6.07) is 12.6. The normalized spacial score (nSPS) is 9.88. The molecule has 0 radical (unpaired) electrons. The number of amides is 1. The largest absolute Gasteiger partial charge is 0.499 e. The number of hydrogen-bond acceptors (Lipinski definition) is 4. The molecular weight excluding hydrogens is 238 g/mol. The molecule has 4 nitrogen and oxygen atoms in total. The quantitative estimate of drug-likeness (QED) is 0.878. The van der Waals surface area contributed by atoms with Gasteiger partial charge in [0.25, 0.3) is 0 Å². The van der Waals surface area contributed by atoms with Crippen molar-refractivity contribution in [3.05, 3.63) is 48.0 Å². The van der Waals surface area contributed by atoms with Crippen molar-refractivity contribution in [2.24, 2.45) is 0 Å². The molecule has 1 aromatic heterocycles. The average molecular weight is 249 g/mol. The molecule has 2 aromatic rings. The molecule has 0 unspecified atom stereocenters. The predicted molar refractivity (Wildman–Crippen MR) is 66.2 cm³/mol. The van der Waals surface area contributed by atoms with Gasteiger partial charge in [0.15, 0.2) is 5.06 Å². The highest BCUT2D eigenvalue weighted by Gasteiger charge is 2.05. The Morgan fingerprint density at radius 1 is 1.24 bits per heavy atom. The Hall–Kier alpha value is -2.01. The maximum atomic E-state index is 11.4. The maximum Gasteiger partial charge on any atom is 0.412 e. The number of benzene rings is 1. The summed E-state index contributed by atoms with van der Waals surface area (Å²) in [5.74, 6) is 0. The molecule has 0 aliphatic rings. The van der Waals surface area contributed by atoms with E-state index >= 15 is 0 Å². The molecule has 0 saturated carbocycles. The first-order chi connectivity index (χ1) is 8.24. The van der Waals surface area contributed by atoms with Crippen molar-refractivity contribution < 1.29 is 14.6 Å². The van der Waals surface area contributed by atoms with Crippen LogP contribution in [0.15, 0.2) is 42.5 Å². The molecular formula is C12H11NO3S. The molecule has 2 N–H and O–H groups in total. The summed E-state index contributed by atoms with van der Waals surface area (Å²) in [6.07, 6.45) is -0.532. The van der Waals surface area contributed by atoms with Gasteiger partial charge in [-0.25, -0.2) is 4.79 Å². The lowest BCUT2D eigenvalue weighted by Crippen LogP contribution is -2.12. The van der Waals surface area contributed by atoms with Crippen molar-refractivity contribution in [1.82, 2.24) is 0 Å². The van der Waals surface area contributed by atoms with E-state index in [9.17, 15) is 4.79 Å². The van der Waals surface area contributed by atoms with E-state index in [1.165, 1.54) is 6.07 Å². The van der Waals surface area contributed by atoms with Gasteiger partial charge in [-0.05, 0) is 17.7 Å². The minimum absolute atomic E-state index is 0.156. The van der Waals surface area contributed by atoms with Crippen molar-refractivity contribution in [3.63, 3.8) is 0 Å². The third kappa shape index (κ3) is 3.49. The highest BCUT2D eigenvalue weighted by Crippen LogP contribution is 2.27. The van der Waals surface area contributed by atoms with Gasteiger partial charge in [0, 0.05) is 0 Å². The zero-order valence-corrected chi connectivity index (χ0v) is 9.74. The summed E-state index contributed by atoms with van der Waals surface area (Å²) in [7, 11) is 0. The lowest BCUT2D eigenvalue weighted by atomic mass is 10.2. The zero-order valence-electron chi connectivity index (χ0n) is 8.92. The smallest absolute Gasteiger partial charge is 0.412 e. The third-order valence-corrected chi connectivity index (χ3v) is 2.83. The van der Waals surface area contributed by atoms with Gasteiger partial charge in [-0.3, -0.25) is 5.32 Å². The van der Waals surface area contributed by atoms with Crippen LogP contribution in [0.5, 0.6) is 5.06 Å². The molecule has 0 aliphatic carbocycles. The van der Waals surface area contributed by atoms with Crippen molar-refractivity contribution in [3.8, 4) is 5.06 Å². The zero-order chi connectivity index (χ0) is 12.1. The Morgan fingerprint density at radius 2 is 2.00 bits per heavy atom. The Kier molecular flexibility index (Phi) is 3.62. The monoisotopic (exact) mass is 249 g/mol. The van der Waals surface area contributed by atoms with E-state index in [2.05, 4.69) is 5.32 Å². The molecule has 0 aliphatic heterocycles. The number of ether oxygens (including phenoxy) is 1. The van der Waals surface area contributed by atoms with E-state index in [1.807, 2.05) is 30.3 Å². The Balaban J connectivity index is 1.82. The van der Waals surface area contributed by atoms with Gasteiger partial charge in [0.05, 0.1) is 0 Å².